The lowest BCUT2D eigenvalue weighted by Crippen LogP contribution is -2.10. The molecule has 102 valence electrons. The summed E-state index contributed by atoms with van der Waals surface area (Å²) in [4.78, 5) is 15.9. The molecule has 0 radical (unpaired) electrons. The lowest BCUT2D eigenvalue weighted by Gasteiger charge is -1.84. The van der Waals surface area contributed by atoms with Gasteiger partial charge in [-0.25, -0.2) is 9.78 Å². The Hall–Kier alpha value is -1.40. The fourth-order valence-corrected chi connectivity index (χ4v) is 1.40. The van der Waals surface area contributed by atoms with Gasteiger partial charge in [-0.3, -0.25) is 4.98 Å². The second-order valence-electron chi connectivity index (χ2n) is 3.97. The number of H-pyrrole nitrogens is 1. The highest BCUT2D eigenvalue weighted by atomic mass is 16.5. The number of nitrogens with one attached hydrogen (secondary N) is 1. The summed E-state index contributed by atoms with van der Waals surface area (Å²) in [6.45, 7) is 4.00. The first-order valence-electron chi connectivity index (χ1n) is 6.25. The summed E-state index contributed by atoms with van der Waals surface area (Å²) in [7, 11) is 0. The molecular weight excluding hydrogens is 234 g/mol. The summed E-state index contributed by atoms with van der Waals surface area (Å²) in [6, 6.07) is 1.52. The molecule has 1 aromatic heterocycles. The predicted octanol–water partition coefficient (Wildman–Crippen LogP) is 0.946. The minimum absolute atomic E-state index is 0.338. The maximum Gasteiger partial charge on any atom is 0.346 e. The molecule has 2 saturated heterocycles. The van der Waals surface area contributed by atoms with Crippen molar-refractivity contribution in [3.8, 4) is 0 Å². The molecule has 0 aliphatic carbocycles. The Morgan fingerprint density at radius 2 is 1.56 bits per heavy atom. The van der Waals surface area contributed by atoms with Crippen molar-refractivity contribution in [2.45, 2.75) is 25.7 Å². The van der Waals surface area contributed by atoms with Crippen molar-refractivity contribution in [2.75, 3.05) is 32.2 Å². The smallest absolute Gasteiger partial charge is 0.346 e. The number of aromatic nitrogens is 2. The van der Waals surface area contributed by atoms with Crippen LogP contribution in [-0.2, 0) is 9.47 Å². The Morgan fingerprint density at radius 3 is 1.78 bits per heavy atom. The molecule has 0 amide bonds. The lowest BCUT2D eigenvalue weighted by atomic mass is 10.4. The van der Waals surface area contributed by atoms with Crippen LogP contribution in [0.15, 0.2) is 17.1 Å². The molecule has 6 nitrogen and oxygen atoms in total. The Labute approximate surface area is 107 Å². The number of nitrogens with two attached hydrogens (primary N) is 1. The van der Waals surface area contributed by atoms with Crippen molar-refractivity contribution in [1.29, 1.82) is 0 Å². The van der Waals surface area contributed by atoms with E-state index in [1.807, 2.05) is 0 Å². The second-order valence-corrected chi connectivity index (χ2v) is 3.97. The molecule has 0 atom stereocenters. The van der Waals surface area contributed by atoms with Crippen LogP contribution >= 0.6 is 0 Å². The van der Waals surface area contributed by atoms with Gasteiger partial charge < -0.3 is 15.2 Å². The van der Waals surface area contributed by atoms with Crippen LogP contribution in [0.5, 0.6) is 0 Å². The maximum atomic E-state index is 10.2. The van der Waals surface area contributed by atoms with Gasteiger partial charge in [0.05, 0.1) is 0 Å². The standard InChI is InChI=1S/C4H5N3O.2C4H8O/c5-3-1-2-6-4(8)7-3;2*1-2-4-5-3-1/h1-2H,(H3,5,6,7,8);2*1-4H2. The molecule has 0 aromatic carbocycles. The summed E-state index contributed by atoms with van der Waals surface area (Å²) in [5, 5.41) is 0. The number of hydrogen-bond acceptors (Lipinski definition) is 5. The summed E-state index contributed by atoms with van der Waals surface area (Å²) in [5.74, 6) is 0.338. The van der Waals surface area contributed by atoms with Gasteiger partial charge in [0.25, 0.3) is 0 Å². The molecule has 0 unspecified atom stereocenters. The van der Waals surface area contributed by atoms with Gasteiger partial charge in [0.15, 0.2) is 0 Å². The Balaban J connectivity index is 0.000000141. The number of anilines is 1. The van der Waals surface area contributed by atoms with Gasteiger partial charge in [-0.15, -0.1) is 0 Å². The van der Waals surface area contributed by atoms with E-state index >= 15 is 0 Å². The highest BCUT2D eigenvalue weighted by Crippen LogP contribution is 1.98. The van der Waals surface area contributed by atoms with Crippen LogP contribution in [0.2, 0.25) is 0 Å². The van der Waals surface area contributed by atoms with Crippen LogP contribution in [0.25, 0.3) is 0 Å². The fourth-order valence-electron chi connectivity index (χ4n) is 1.40. The Kier molecular flexibility index (Phi) is 7.83. The van der Waals surface area contributed by atoms with Crippen LogP contribution in [0.3, 0.4) is 0 Å². The molecule has 2 fully saturated rings. The zero-order chi connectivity index (χ0) is 13.1. The third kappa shape index (κ3) is 7.81. The third-order valence-electron chi connectivity index (χ3n) is 2.35. The van der Waals surface area contributed by atoms with Crippen LogP contribution in [0.4, 0.5) is 5.82 Å². The fraction of sp³-hybridized carbons (Fsp3) is 0.667. The zero-order valence-electron chi connectivity index (χ0n) is 10.6. The zero-order valence-corrected chi connectivity index (χ0v) is 10.6. The van der Waals surface area contributed by atoms with E-state index in [2.05, 4.69) is 9.97 Å². The SMILES string of the molecule is C1CCOC1.C1CCOC1.Nc1ccnc(=O)[nH]1. The van der Waals surface area contributed by atoms with Crippen LogP contribution in [-0.4, -0.2) is 36.4 Å². The maximum absolute atomic E-state index is 10.2. The monoisotopic (exact) mass is 255 g/mol. The molecule has 0 spiro atoms. The minimum Gasteiger partial charge on any atom is -0.385 e. The van der Waals surface area contributed by atoms with E-state index in [0.717, 1.165) is 26.4 Å². The van der Waals surface area contributed by atoms with E-state index in [-0.39, 0.29) is 0 Å². The molecule has 0 saturated carbocycles. The van der Waals surface area contributed by atoms with E-state index in [1.54, 1.807) is 0 Å². The van der Waals surface area contributed by atoms with Gasteiger partial charge in [-0.05, 0) is 31.7 Å². The van der Waals surface area contributed by atoms with Crippen molar-refractivity contribution in [1.82, 2.24) is 9.97 Å². The number of nitrogen functional groups attached to an aromatic ring is 1. The first-order chi connectivity index (χ1) is 8.79. The molecule has 0 bridgehead atoms. The first kappa shape index (κ1) is 14.7. The molecule has 3 N–H and O–H groups in total. The van der Waals surface area contributed by atoms with Gasteiger partial charge in [-0.1, -0.05) is 0 Å². The van der Waals surface area contributed by atoms with E-state index < -0.39 is 5.69 Å². The molecule has 2 aliphatic rings. The molecular formula is C12H21N3O3. The molecule has 1 aromatic rings. The minimum atomic E-state index is -0.412. The molecule has 3 rings (SSSR count). The van der Waals surface area contributed by atoms with Crippen LogP contribution in [0.1, 0.15) is 25.7 Å². The highest BCUT2D eigenvalue weighted by Gasteiger charge is 1.95. The number of hydrogen-bond donors (Lipinski definition) is 2. The van der Waals surface area contributed by atoms with E-state index in [1.165, 1.54) is 37.9 Å². The lowest BCUT2D eigenvalue weighted by molar-refractivity contribution is 0.198. The average molecular weight is 255 g/mol. The predicted molar refractivity (Wildman–Crippen MR) is 69.4 cm³/mol. The summed E-state index contributed by atoms with van der Waals surface area (Å²) in [5.41, 5.74) is 4.75. The van der Waals surface area contributed by atoms with E-state index in [4.69, 9.17) is 15.2 Å². The Morgan fingerprint density at radius 1 is 1.06 bits per heavy atom. The molecule has 18 heavy (non-hydrogen) atoms. The number of nitrogens with zero attached hydrogens (tertiary/aromatic N) is 1. The van der Waals surface area contributed by atoms with Gasteiger partial charge >= 0.3 is 5.69 Å². The third-order valence-corrected chi connectivity index (χ3v) is 2.35. The largest absolute Gasteiger partial charge is 0.385 e. The first-order valence-corrected chi connectivity index (χ1v) is 6.25. The van der Waals surface area contributed by atoms with Gasteiger partial charge in [0.1, 0.15) is 5.82 Å². The summed E-state index contributed by atoms with van der Waals surface area (Å²) in [6.07, 6.45) is 6.47. The van der Waals surface area contributed by atoms with E-state index in [0.29, 0.717) is 5.82 Å². The summed E-state index contributed by atoms with van der Waals surface area (Å²) >= 11 is 0. The normalized spacial score (nSPS) is 17.3. The second kappa shape index (κ2) is 9.61. The van der Waals surface area contributed by atoms with Crippen LogP contribution in [0, 0.1) is 0 Å². The quantitative estimate of drug-likeness (QED) is 0.720. The molecule has 3 heterocycles. The summed E-state index contributed by atoms with van der Waals surface area (Å²) < 4.78 is 9.89. The van der Waals surface area contributed by atoms with Gasteiger partial charge in [0, 0.05) is 32.6 Å². The average Bonchev–Trinajstić information content (AvgIpc) is 3.09. The van der Waals surface area contributed by atoms with Crippen molar-refractivity contribution in [3.05, 3.63) is 22.7 Å². The number of aromatic amines is 1. The number of rotatable bonds is 0. The van der Waals surface area contributed by atoms with Crippen molar-refractivity contribution in [3.63, 3.8) is 0 Å². The van der Waals surface area contributed by atoms with Gasteiger partial charge in [0.2, 0.25) is 0 Å². The van der Waals surface area contributed by atoms with Crippen molar-refractivity contribution >= 4 is 5.82 Å². The van der Waals surface area contributed by atoms with Crippen molar-refractivity contribution < 1.29 is 9.47 Å². The topological polar surface area (TPSA) is 90.2 Å². The van der Waals surface area contributed by atoms with Crippen LogP contribution < -0.4 is 11.4 Å². The molecule has 2 aliphatic heterocycles. The van der Waals surface area contributed by atoms with Crippen molar-refractivity contribution in [2.24, 2.45) is 0 Å². The number of ether oxygens (including phenoxy) is 2. The highest BCUT2D eigenvalue weighted by molar-refractivity contribution is 5.22. The van der Waals surface area contributed by atoms with E-state index in [9.17, 15) is 4.79 Å². The molecule has 6 heteroatoms. The Bertz CT molecular complexity index is 334. The van der Waals surface area contributed by atoms with Gasteiger partial charge in [-0.2, -0.15) is 0 Å².